The average Bonchev–Trinajstić information content (AvgIpc) is 2.19. The summed E-state index contributed by atoms with van der Waals surface area (Å²) in [5, 5.41) is 18.6. The van der Waals surface area contributed by atoms with Crippen molar-refractivity contribution in [2.45, 2.75) is 19.4 Å². The van der Waals surface area contributed by atoms with Gasteiger partial charge in [0.25, 0.3) is 0 Å². The van der Waals surface area contributed by atoms with Gasteiger partial charge in [-0.25, -0.2) is 0 Å². The summed E-state index contributed by atoms with van der Waals surface area (Å²) >= 11 is 0. The van der Waals surface area contributed by atoms with Crippen molar-refractivity contribution in [2.24, 2.45) is 5.92 Å². The lowest BCUT2D eigenvalue weighted by molar-refractivity contribution is -0.146. The fourth-order valence-electron chi connectivity index (χ4n) is 1.42. The molecule has 3 nitrogen and oxygen atoms in total. The fraction of sp³-hybridized carbons (Fsp3) is 0.364. The molecule has 14 heavy (non-hydrogen) atoms. The average molecular weight is 194 g/mol. The van der Waals surface area contributed by atoms with Gasteiger partial charge in [0, 0.05) is 0 Å². The van der Waals surface area contributed by atoms with Crippen molar-refractivity contribution in [1.82, 2.24) is 0 Å². The second kappa shape index (κ2) is 4.77. The second-order valence-corrected chi connectivity index (χ2v) is 3.21. The highest BCUT2D eigenvalue weighted by Crippen LogP contribution is 2.24. The molecular formula is C11H14O3. The monoisotopic (exact) mass is 194 g/mol. The maximum absolute atomic E-state index is 10.8. The molecule has 0 unspecified atom stereocenters. The molecule has 3 heteroatoms. The van der Waals surface area contributed by atoms with Crippen LogP contribution in [0.15, 0.2) is 30.3 Å². The number of benzene rings is 1. The molecule has 1 aromatic rings. The Hall–Kier alpha value is -1.35. The Labute approximate surface area is 83.0 Å². The van der Waals surface area contributed by atoms with Crippen molar-refractivity contribution in [1.29, 1.82) is 0 Å². The summed E-state index contributed by atoms with van der Waals surface area (Å²) < 4.78 is 0. The normalized spacial score (nSPS) is 14.7. The Morgan fingerprint density at radius 1 is 1.36 bits per heavy atom. The number of aliphatic hydroxyl groups is 1. The zero-order chi connectivity index (χ0) is 10.6. The first-order chi connectivity index (χ1) is 6.66. The van der Waals surface area contributed by atoms with Crippen LogP contribution < -0.4 is 0 Å². The Kier molecular flexibility index (Phi) is 3.65. The van der Waals surface area contributed by atoms with E-state index >= 15 is 0 Å². The number of rotatable bonds is 4. The first kappa shape index (κ1) is 10.7. The summed E-state index contributed by atoms with van der Waals surface area (Å²) in [4.78, 5) is 10.8. The van der Waals surface area contributed by atoms with E-state index in [9.17, 15) is 9.90 Å². The molecule has 0 radical (unpaired) electrons. The molecule has 76 valence electrons. The van der Waals surface area contributed by atoms with Gasteiger partial charge in [0.1, 0.15) is 0 Å². The lowest BCUT2D eigenvalue weighted by atomic mass is 9.94. The molecule has 0 amide bonds. The number of hydrogen-bond acceptors (Lipinski definition) is 2. The van der Waals surface area contributed by atoms with Crippen molar-refractivity contribution in [2.75, 3.05) is 0 Å². The quantitative estimate of drug-likeness (QED) is 0.768. The summed E-state index contributed by atoms with van der Waals surface area (Å²) in [5.41, 5.74) is 0.654. The largest absolute Gasteiger partial charge is 0.481 e. The van der Waals surface area contributed by atoms with Crippen LogP contribution in [0, 0.1) is 5.92 Å². The van der Waals surface area contributed by atoms with Gasteiger partial charge in [-0.05, 0) is 12.0 Å². The molecular weight excluding hydrogens is 180 g/mol. The molecule has 0 bridgehead atoms. The van der Waals surface area contributed by atoms with E-state index in [0.29, 0.717) is 12.0 Å². The molecule has 0 spiro atoms. The minimum absolute atomic E-state index is 0.422. The van der Waals surface area contributed by atoms with Crippen molar-refractivity contribution in [3.8, 4) is 0 Å². The highest BCUT2D eigenvalue weighted by Gasteiger charge is 2.25. The standard InChI is InChI=1S/C11H14O3/c1-2-9(11(13)14)10(12)8-6-4-3-5-7-8/h3-7,9-10,12H,2H2,1H3,(H,13,14)/t9-,10+/m1/s1. The van der Waals surface area contributed by atoms with Crippen molar-refractivity contribution < 1.29 is 15.0 Å². The molecule has 1 aromatic carbocycles. The molecule has 0 saturated heterocycles. The lowest BCUT2D eigenvalue weighted by Gasteiger charge is -2.17. The zero-order valence-electron chi connectivity index (χ0n) is 8.05. The predicted molar refractivity (Wildman–Crippen MR) is 52.8 cm³/mol. The van der Waals surface area contributed by atoms with Crippen LogP contribution in [0.2, 0.25) is 0 Å². The highest BCUT2D eigenvalue weighted by atomic mass is 16.4. The topological polar surface area (TPSA) is 57.5 Å². The van der Waals surface area contributed by atoms with E-state index in [1.54, 1.807) is 31.2 Å². The third kappa shape index (κ3) is 2.33. The zero-order valence-corrected chi connectivity index (χ0v) is 8.05. The smallest absolute Gasteiger partial charge is 0.309 e. The first-order valence-electron chi connectivity index (χ1n) is 4.62. The molecule has 2 N–H and O–H groups in total. The van der Waals surface area contributed by atoms with Gasteiger partial charge in [-0.2, -0.15) is 0 Å². The third-order valence-electron chi connectivity index (χ3n) is 2.28. The number of carbonyl (C=O) groups is 1. The molecule has 0 aliphatic rings. The lowest BCUT2D eigenvalue weighted by Crippen LogP contribution is -2.21. The third-order valence-corrected chi connectivity index (χ3v) is 2.28. The Bertz CT molecular complexity index is 295. The van der Waals surface area contributed by atoms with E-state index in [1.165, 1.54) is 0 Å². The van der Waals surface area contributed by atoms with E-state index in [1.807, 2.05) is 6.07 Å². The maximum atomic E-state index is 10.8. The predicted octanol–water partition coefficient (Wildman–Crippen LogP) is 1.83. The van der Waals surface area contributed by atoms with E-state index < -0.39 is 18.0 Å². The van der Waals surface area contributed by atoms with Crippen LogP contribution >= 0.6 is 0 Å². The maximum Gasteiger partial charge on any atom is 0.309 e. The van der Waals surface area contributed by atoms with Gasteiger partial charge in [-0.3, -0.25) is 4.79 Å². The second-order valence-electron chi connectivity index (χ2n) is 3.21. The fourth-order valence-corrected chi connectivity index (χ4v) is 1.42. The van der Waals surface area contributed by atoms with Crippen molar-refractivity contribution >= 4 is 5.97 Å². The van der Waals surface area contributed by atoms with Gasteiger partial charge < -0.3 is 10.2 Å². The highest BCUT2D eigenvalue weighted by molar-refractivity contribution is 5.70. The summed E-state index contributed by atoms with van der Waals surface area (Å²) in [6.45, 7) is 1.75. The van der Waals surface area contributed by atoms with E-state index in [2.05, 4.69) is 0 Å². The molecule has 0 fully saturated rings. The first-order valence-corrected chi connectivity index (χ1v) is 4.62. The van der Waals surface area contributed by atoms with Gasteiger partial charge in [-0.15, -0.1) is 0 Å². The molecule has 0 aliphatic heterocycles. The Morgan fingerprint density at radius 2 is 1.93 bits per heavy atom. The minimum Gasteiger partial charge on any atom is -0.481 e. The van der Waals surface area contributed by atoms with Crippen LogP contribution in [-0.4, -0.2) is 16.2 Å². The number of aliphatic hydroxyl groups excluding tert-OH is 1. The van der Waals surface area contributed by atoms with Gasteiger partial charge in [0.2, 0.25) is 0 Å². The Morgan fingerprint density at radius 3 is 2.36 bits per heavy atom. The van der Waals surface area contributed by atoms with Crippen LogP contribution in [0.1, 0.15) is 25.0 Å². The number of carboxylic acid groups (broad SMARTS) is 1. The SMILES string of the molecule is CC[C@@H](C(=O)O)[C@@H](O)c1ccccc1. The summed E-state index contributed by atoms with van der Waals surface area (Å²) in [5.74, 6) is -1.68. The number of carboxylic acids is 1. The van der Waals surface area contributed by atoms with Gasteiger partial charge in [-0.1, -0.05) is 37.3 Å². The van der Waals surface area contributed by atoms with Gasteiger partial charge >= 0.3 is 5.97 Å². The van der Waals surface area contributed by atoms with Crippen LogP contribution in [-0.2, 0) is 4.79 Å². The molecule has 0 aliphatic carbocycles. The van der Waals surface area contributed by atoms with Crippen LogP contribution in [0.4, 0.5) is 0 Å². The van der Waals surface area contributed by atoms with E-state index in [-0.39, 0.29) is 0 Å². The number of aliphatic carboxylic acids is 1. The summed E-state index contributed by atoms with van der Waals surface area (Å²) in [6.07, 6.45) is -0.496. The Balaban J connectivity index is 2.83. The molecule has 1 rings (SSSR count). The van der Waals surface area contributed by atoms with Crippen molar-refractivity contribution in [3.63, 3.8) is 0 Å². The summed E-state index contributed by atoms with van der Waals surface area (Å²) in [6, 6.07) is 8.87. The van der Waals surface area contributed by atoms with Crippen molar-refractivity contribution in [3.05, 3.63) is 35.9 Å². The van der Waals surface area contributed by atoms with Crippen LogP contribution in [0.25, 0.3) is 0 Å². The molecule has 0 aromatic heterocycles. The number of hydrogen-bond donors (Lipinski definition) is 2. The van der Waals surface area contributed by atoms with Crippen LogP contribution in [0.3, 0.4) is 0 Å². The van der Waals surface area contributed by atoms with Crippen LogP contribution in [0.5, 0.6) is 0 Å². The summed E-state index contributed by atoms with van der Waals surface area (Å²) in [7, 11) is 0. The minimum atomic E-state index is -0.955. The van der Waals surface area contributed by atoms with E-state index in [4.69, 9.17) is 5.11 Å². The molecule has 0 saturated carbocycles. The van der Waals surface area contributed by atoms with E-state index in [0.717, 1.165) is 0 Å². The van der Waals surface area contributed by atoms with Gasteiger partial charge in [0.15, 0.2) is 0 Å². The van der Waals surface area contributed by atoms with Gasteiger partial charge in [0.05, 0.1) is 12.0 Å². The molecule has 0 heterocycles. The molecule has 2 atom stereocenters.